The average Bonchev–Trinajstić information content (AvgIpc) is 2.18. The summed E-state index contributed by atoms with van der Waals surface area (Å²) in [7, 11) is 0. The van der Waals surface area contributed by atoms with E-state index in [-0.39, 0.29) is 5.54 Å². The molecule has 0 radical (unpaired) electrons. The Morgan fingerprint density at radius 1 is 1.54 bits per heavy atom. The molecule has 0 aromatic carbocycles. The van der Waals surface area contributed by atoms with Crippen LogP contribution in [0.25, 0.3) is 0 Å². The second kappa shape index (κ2) is 4.77. The van der Waals surface area contributed by atoms with Gasteiger partial charge in [-0.15, -0.1) is 6.58 Å². The van der Waals surface area contributed by atoms with Gasteiger partial charge in [0.25, 0.3) is 0 Å². The van der Waals surface area contributed by atoms with Crippen molar-refractivity contribution in [3.8, 4) is 0 Å². The molecule has 3 N–H and O–H groups in total. The molecule has 1 saturated carbocycles. The maximum absolute atomic E-state index is 5.83. The van der Waals surface area contributed by atoms with Crippen LogP contribution in [0.2, 0.25) is 0 Å². The van der Waals surface area contributed by atoms with E-state index >= 15 is 0 Å². The van der Waals surface area contributed by atoms with Crippen molar-refractivity contribution in [1.82, 2.24) is 5.32 Å². The molecule has 0 heterocycles. The highest BCUT2D eigenvalue weighted by atomic mass is 15.0. The summed E-state index contributed by atoms with van der Waals surface area (Å²) in [5.74, 6) is 0.880. The second-order valence-electron chi connectivity index (χ2n) is 4.34. The molecule has 0 unspecified atom stereocenters. The molecule has 13 heavy (non-hydrogen) atoms. The summed E-state index contributed by atoms with van der Waals surface area (Å²) in [5, 5.41) is 3.51. The lowest BCUT2D eigenvalue weighted by molar-refractivity contribution is 0.208. The van der Waals surface area contributed by atoms with Gasteiger partial charge < -0.3 is 11.1 Å². The van der Waals surface area contributed by atoms with Crippen molar-refractivity contribution >= 4 is 0 Å². The number of hydrogen-bond acceptors (Lipinski definition) is 2. The third kappa shape index (κ3) is 2.82. The van der Waals surface area contributed by atoms with Gasteiger partial charge >= 0.3 is 0 Å². The minimum absolute atomic E-state index is 0.209. The van der Waals surface area contributed by atoms with Gasteiger partial charge in [0.05, 0.1) is 0 Å². The molecule has 0 aromatic rings. The molecule has 0 atom stereocenters. The number of nitrogens with one attached hydrogen (secondary N) is 1. The van der Waals surface area contributed by atoms with Gasteiger partial charge in [0.15, 0.2) is 0 Å². The maximum Gasteiger partial charge on any atom is 0.0307 e. The molecule has 2 nitrogen and oxygen atoms in total. The van der Waals surface area contributed by atoms with Crippen LogP contribution >= 0.6 is 0 Å². The van der Waals surface area contributed by atoms with Crippen molar-refractivity contribution in [2.75, 3.05) is 13.1 Å². The molecule has 0 amide bonds. The van der Waals surface area contributed by atoms with Gasteiger partial charge in [-0.25, -0.2) is 0 Å². The van der Waals surface area contributed by atoms with Crippen LogP contribution in [0.4, 0.5) is 0 Å². The van der Waals surface area contributed by atoms with Crippen molar-refractivity contribution in [1.29, 1.82) is 0 Å². The summed E-state index contributed by atoms with van der Waals surface area (Å²) in [6.45, 7) is 7.69. The van der Waals surface area contributed by atoms with E-state index in [0.29, 0.717) is 0 Å². The van der Waals surface area contributed by atoms with Crippen molar-refractivity contribution in [3.05, 3.63) is 12.7 Å². The minimum atomic E-state index is 0.209. The van der Waals surface area contributed by atoms with Crippen LogP contribution in [0.15, 0.2) is 12.7 Å². The predicted octanol–water partition coefficient (Wildman–Crippen LogP) is 1.67. The van der Waals surface area contributed by atoms with Gasteiger partial charge in [-0.05, 0) is 31.6 Å². The van der Waals surface area contributed by atoms with Gasteiger partial charge in [-0.2, -0.15) is 0 Å². The molecule has 2 heteroatoms. The van der Waals surface area contributed by atoms with Gasteiger partial charge in [-0.1, -0.05) is 13.0 Å². The van der Waals surface area contributed by atoms with Gasteiger partial charge in [0, 0.05) is 18.6 Å². The minimum Gasteiger partial charge on any atom is -0.329 e. The summed E-state index contributed by atoms with van der Waals surface area (Å²) in [5.41, 5.74) is 6.04. The van der Waals surface area contributed by atoms with E-state index in [1.807, 2.05) is 6.08 Å². The highest BCUT2D eigenvalue weighted by Gasteiger charge is 2.31. The summed E-state index contributed by atoms with van der Waals surface area (Å²) in [6, 6.07) is 0. The lowest BCUT2D eigenvalue weighted by Gasteiger charge is -2.39. The fraction of sp³-hybridized carbons (Fsp3) is 0.818. The molecular weight excluding hydrogens is 160 g/mol. The van der Waals surface area contributed by atoms with Crippen LogP contribution in [0.1, 0.15) is 32.6 Å². The van der Waals surface area contributed by atoms with Crippen molar-refractivity contribution in [2.45, 2.75) is 38.1 Å². The Bertz CT molecular complexity index is 157. The average molecular weight is 182 g/mol. The largest absolute Gasteiger partial charge is 0.329 e. The van der Waals surface area contributed by atoms with Crippen molar-refractivity contribution < 1.29 is 0 Å². The Morgan fingerprint density at radius 2 is 2.15 bits per heavy atom. The highest BCUT2D eigenvalue weighted by molar-refractivity contribution is 4.94. The Morgan fingerprint density at radius 3 is 2.62 bits per heavy atom. The van der Waals surface area contributed by atoms with E-state index in [1.54, 1.807) is 0 Å². The van der Waals surface area contributed by atoms with Gasteiger partial charge in [0.2, 0.25) is 0 Å². The standard InChI is InChI=1S/C11H22N2/c1-3-8-13-11(9-12)6-4-10(2)5-7-11/h3,10,13H,1,4-9,12H2,2H3. The molecule has 0 aliphatic heterocycles. The maximum atomic E-state index is 5.83. The van der Waals surface area contributed by atoms with Crippen LogP contribution in [0.3, 0.4) is 0 Å². The summed E-state index contributed by atoms with van der Waals surface area (Å²) in [6.07, 6.45) is 6.97. The lowest BCUT2D eigenvalue weighted by Crippen LogP contribution is -2.53. The summed E-state index contributed by atoms with van der Waals surface area (Å²) >= 11 is 0. The zero-order chi connectivity index (χ0) is 9.73. The van der Waals surface area contributed by atoms with Crippen LogP contribution in [0.5, 0.6) is 0 Å². The lowest BCUT2D eigenvalue weighted by atomic mass is 9.77. The Labute approximate surface area is 81.6 Å². The van der Waals surface area contributed by atoms with Gasteiger partial charge in [0.1, 0.15) is 0 Å². The molecule has 0 saturated heterocycles. The molecule has 1 aliphatic rings. The SMILES string of the molecule is C=CCNC1(CN)CCC(C)CC1. The van der Waals surface area contributed by atoms with Gasteiger partial charge in [-0.3, -0.25) is 0 Å². The number of rotatable bonds is 4. The molecule has 1 fully saturated rings. The first-order chi connectivity index (χ1) is 6.22. The third-order valence-corrected chi connectivity index (χ3v) is 3.24. The van der Waals surface area contributed by atoms with Crippen molar-refractivity contribution in [2.24, 2.45) is 11.7 Å². The van der Waals surface area contributed by atoms with Crippen LogP contribution in [-0.4, -0.2) is 18.6 Å². The quantitative estimate of drug-likeness (QED) is 0.649. The zero-order valence-electron chi connectivity index (χ0n) is 8.68. The summed E-state index contributed by atoms with van der Waals surface area (Å²) in [4.78, 5) is 0. The topological polar surface area (TPSA) is 38.0 Å². The molecule has 76 valence electrons. The normalized spacial score (nSPS) is 34.5. The molecular formula is C11H22N2. The first kappa shape index (κ1) is 10.7. The smallest absolute Gasteiger partial charge is 0.0307 e. The Kier molecular flexibility index (Phi) is 3.94. The first-order valence-corrected chi connectivity index (χ1v) is 5.28. The molecule has 0 bridgehead atoms. The highest BCUT2D eigenvalue weighted by Crippen LogP contribution is 2.30. The molecule has 1 rings (SSSR count). The van der Waals surface area contributed by atoms with Crippen molar-refractivity contribution in [3.63, 3.8) is 0 Å². The molecule has 0 aromatic heterocycles. The number of nitrogens with two attached hydrogens (primary N) is 1. The van der Waals surface area contributed by atoms with E-state index in [4.69, 9.17) is 5.73 Å². The van der Waals surface area contributed by atoms with E-state index in [9.17, 15) is 0 Å². The predicted molar refractivity (Wildman–Crippen MR) is 57.6 cm³/mol. The molecule has 0 spiro atoms. The van der Waals surface area contributed by atoms with Crippen LogP contribution in [-0.2, 0) is 0 Å². The van der Waals surface area contributed by atoms with E-state index < -0.39 is 0 Å². The van der Waals surface area contributed by atoms with E-state index in [2.05, 4.69) is 18.8 Å². The zero-order valence-corrected chi connectivity index (χ0v) is 8.68. The fourth-order valence-electron chi connectivity index (χ4n) is 2.06. The Hall–Kier alpha value is -0.340. The summed E-state index contributed by atoms with van der Waals surface area (Å²) < 4.78 is 0. The first-order valence-electron chi connectivity index (χ1n) is 5.28. The van der Waals surface area contributed by atoms with Crippen LogP contribution in [0, 0.1) is 5.92 Å². The third-order valence-electron chi connectivity index (χ3n) is 3.24. The second-order valence-corrected chi connectivity index (χ2v) is 4.34. The fourth-order valence-corrected chi connectivity index (χ4v) is 2.06. The Balaban J connectivity index is 2.44. The van der Waals surface area contributed by atoms with Crippen LogP contribution < -0.4 is 11.1 Å². The monoisotopic (exact) mass is 182 g/mol. The van der Waals surface area contributed by atoms with E-state index in [1.165, 1.54) is 25.7 Å². The molecule has 1 aliphatic carbocycles. The van der Waals surface area contributed by atoms with E-state index in [0.717, 1.165) is 19.0 Å². The number of hydrogen-bond donors (Lipinski definition) is 2.